The van der Waals surface area contributed by atoms with E-state index in [2.05, 4.69) is 4.72 Å². The fourth-order valence-corrected chi connectivity index (χ4v) is 4.19. The summed E-state index contributed by atoms with van der Waals surface area (Å²) < 4.78 is 70.1. The lowest BCUT2D eigenvalue weighted by Gasteiger charge is -2.29. The van der Waals surface area contributed by atoms with E-state index in [4.69, 9.17) is 4.74 Å². The largest absolute Gasteiger partial charge is 0.471 e. The summed E-state index contributed by atoms with van der Waals surface area (Å²) in [6, 6.07) is 3.39. The second kappa shape index (κ2) is 8.48. The van der Waals surface area contributed by atoms with Crippen molar-refractivity contribution in [3.63, 3.8) is 0 Å². The van der Waals surface area contributed by atoms with Gasteiger partial charge in [-0.3, -0.25) is 9.59 Å². The number of nitrogens with one attached hydrogen (secondary N) is 1. The molecule has 1 aliphatic rings. The molecule has 1 heterocycles. The van der Waals surface area contributed by atoms with E-state index in [1.54, 1.807) is 6.92 Å². The van der Waals surface area contributed by atoms with E-state index in [1.807, 2.05) is 0 Å². The number of nitrogens with zero attached hydrogens (tertiary/aromatic N) is 1. The van der Waals surface area contributed by atoms with Crippen molar-refractivity contribution in [2.75, 3.05) is 13.2 Å². The predicted molar refractivity (Wildman–Crippen MR) is 92.7 cm³/mol. The van der Waals surface area contributed by atoms with Gasteiger partial charge in [0, 0.05) is 19.1 Å². The van der Waals surface area contributed by atoms with E-state index >= 15 is 0 Å². The molecular weight excluding hydrogens is 401 g/mol. The number of carbonyl (C=O) groups excluding carboxylic acids is 2. The van der Waals surface area contributed by atoms with Gasteiger partial charge in [-0.15, -0.1) is 0 Å². The van der Waals surface area contributed by atoms with Crippen LogP contribution in [-0.2, 0) is 37.3 Å². The van der Waals surface area contributed by atoms with Crippen LogP contribution in [0.3, 0.4) is 0 Å². The quantitative estimate of drug-likeness (QED) is 0.706. The van der Waals surface area contributed by atoms with Gasteiger partial charge in [0.05, 0.1) is 17.9 Å². The van der Waals surface area contributed by atoms with Crippen molar-refractivity contribution >= 4 is 21.9 Å². The minimum Gasteiger partial charge on any atom is -0.466 e. The number of hydrogen-bond acceptors (Lipinski definition) is 5. The molecule has 1 amide bonds. The van der Waals surface area contributed by atoms with Crippen molar-refractivity contribution in [3.8, 4) is 0 Å². The molecule has 0 bridgehead atoms. The summed E-state index contributed by atoms with van der Waals surface area (Å²) in [6.07, 6.45) is -4.94. The Morgan fingerprint density at radius 1 is 1.29 bits per heavy atom. The van der Waals surface area contributed by atoms with Crippen LogP contribution in [0, 0.1) is 0 Å². The maximum atomic E-state index is 12.6. The highest BCUT2D eigenvalue weighted by molar-refractivity contribution is 7.89. The first-order chi connectivity index (χ1) is 12.9. The van der Waals surface area contributed by atoms with Crippen molar-refractivity contribution in [1.82, 2.24) is 9.62 Å². The first kappa shape index (κ1) is 22.2. The fraction of sp³-hybridized carbons (Fsp3) is 0.529. The molecular formula is C17H21F3N2O5S. The molecule has 0 spiro atoms. The maximum absolute atomic E-state index is 12.6. The number of alkyl halides is 3. The van der Waals surface area contributed by atoms with Crippen molar-refractivity contribution in [1.29, 1.82) is 0 Å². The molecule has 1 aromatic rings. The number of ether oxygens (including phenoxy) is 1. The summed E-state index contributed by atoms with van der Waals surface area (Å²) >= 11 is 0. The van der Waals surface area contributed by atoms with Crippen LogP contribution in [0.5, 0.6) is 0 Å². The van der Waals surface area contributed by atoms with Crippen molar-refractivity contribution < 1.29 is 35.9 Å². The molecule has 1 aromatic carbocycles. The standard InChI is InChI=1S/C17H21F3N2O5S/c1-3-27-15(23)8-11(2)21-28(25,26)14-5-4-12-6-7-22(10-13(12)9-14)16(24)17(18,19)20/h4-5,9,11,21H,3,6-8,10H2,1-2H3. The molecule has 0 radical (unpaired) electrons. The molecule has 1 unspecified atom stereocenters. The Bertz CT molecular complexity index is 855. The molecule has 7 nitrogen and oxygen atoms in total. The summed E-state index contributed by atoms with van der Waals surface area (Å²) in [6.45, 7) is 2.89. The van der Waals surface area contributed by atoms with Gasteiger partial charge in [0.25, 0.3) is 0 Å². The topological polar surface area (TPSA) is 92.8 Å². The summed E-state index contributed by atoms with van der Waals surface area (Å²) in [5, 5.41) is 0. The molecule has 2 rings (SSSR count). The van der Waals surface area contributed by atoms with Crippen LogP contribution >= 0.6 is 0 Å². The van der Waals surface area contributed by atoms with Crippen LogP contribution in [0.25, 0.3) is 0 Å². The second-order valence-corrected chi connectivity index (χ2v) is 8.15. The number of carbonyl (C=O) groups is 2. The molecule has 0 saturated carbocycles. The highest BCUT2D eigenvalue weighted by Gasteiger charge is 2.43. The third kappa shape index (κ3) is 5.44. The third-order valence-corrected chi connectivity index (χ3v) is 5.75. The van der Waals surface area contributed by atoms with Gasteiger partial charge in [0.1, 0.15) is 0 Å². The number of esters is 1. The first-order valence-corrected chi connectivity index (χ1v) is 10.1. The Hall–Kier alpha value is -2.14. The van der Waals surface area contributed by atoms with Crippen molar-refractivity contribution in [2.45, 2.75) is 50.3 Å². The summed E-state index contributed by atoms with van der Waals surface area (Å²) in [5.74, 6) is -2.50. The molecule has 11 heteroatoms. The summed E-state index contributed by atoms with van der Waals surface area (Å²) in [5.41, 5.74) is 1.02. The Labute approximate surface area is 160 Å². The number of rotatable bonds is 6. The monoisotopic (exact) mass is 422 g/mol. The zero-order chi connectivity index (χ0) is 21.1. The molecule has 1 aliphatic heterocycles. The summed E-state index contributed by atoms with van der Waals surface area (Å²) in [4.78, 5) is 23.4. The van der Waals surface area contributed by atoms with Gasteiger partial charge >= 0.3 is 18.1 Å². The SMILES string of the molecule is CCOC(=O)CC(C)NS(=O)(=O)c1ccc2c(c1)CN(C(=O)C(F)(F)F)CC2. The zero-order valence-corrected chi connectivity index (χ0v) is 16.2. The van der Waals surface area contributed by atoms with Crippen LogP contribution in [0.15, 0.2) is 23.1 Å². The van der Waals surface area contributed by atoms with Gasteiger partial charge in [-0.2, -0.15) is 13.2 Å². The Morgan fingerprint density at radius 3 is 2.57 bits per heavy atom. The van der Waals surface area contributed by atoms with E-state index in [0.29, 0.717) is 16.0 Å². The van der Waals surface area contributed by atoms with Crippen LogP contribution < -0.4 is 4.72 Å². The Morgan fingerprint density at radius 2 is 1.96 bits per heavy atom. The molecule has 156 valence electrons. The number of amides is 1. The minimum absolute atomic E-state index is 0.0910. The van der Waals surface area contributed by atoms with Gasteiger partial charge in [0.15, 0.2) is 0 Å². The second-order valence-electron chi connectivity index (χ2n) is 6.44. The van der Waals surface area contributed by atoms with E-state index in [0.717, 1.165) is 0 Å². The smallest absolute Gasteiger partial charge is 0.466 e. The van der Waals surface area contributed by atoms with Gasteiger partial charge in [0.2, 0.25) is 10.0 Å². The third-order valence-electron chi connectivity index (χ3n) is 4.16. The van der Waals surface area contributed by atoms with E-state index < -0.39 is 34.1 Å². The molecule has 0 fully saturated rings. The molecule has 1 atom stereocenters. The number of halogens is 3. The minimum atomic E-state index is -4.98. The highest BCUT2D eigenvalue weighted by atomic mass is 32.2. The van der Waals surface area contributed by atoms with Gasteiger partial charge in [-0.1, -0.05) is 6.07 Å². The predicted octanol–water partition coefficient (Wildman–Crippen LogP) is 1.75. The number of fused-ring (bicyclic) bond motifs is 1. The lowest BCUT2D eigenvalue weighted by molar-refractivity contribution is -0.186. The zero-order valence-electron chi connectivity index (χ0n) is 15.4. The Balaban J connectivity index is 2.16. The van der Waals surface area contributed by atoms with Crippen LogP contribution in [0.1, 0.15) is 31.4 Å². The molecule has 0 aliphatic carbocycles. The van der Waals surface area contributed by atoms with Crippen LogP contribution in [0.2, 0.25) is 0 Å². The van der Waals surface area contributed by atoms with Gasteiger partial charge < -0.3 is 9.64 Å². The van der Waals surface area contributed by atoms with Crippen LogP contribution in [-0.4, -0.2) is 50.6 Å². The lowest BCUT2D eigenvalue weighted by atomic mass is 10.00. The number of hydrogen-bond donors (Lipinski definition) is 1. The average molecular weight is 422 g/mol. The molecule has 1 N–H and O–H groups in total. The van der Waals surface area contributed by atoms with Crippen molar-refractivity contribution in [3.05, 3.63) is 29.3 Å². The summed E-state index contributed by atoms with van der Waals surface area (Å²) in [7, 11) is -4.00. The first-order valence-electron chi connectivity index (χ1n) is 8.60. The number of sulfonamides is 1. The van der Waals surface area contributed by atoms with E-state index in [-0.39, 0.29) is 37.4 Å². The highest BCUT2D eigenvalue weighted by Crippen LogP contribution is 2.26. The maximum Gasteiger partial charge on any atom is 0.471 e. The van der Waals surface area contributed by atoms with E-state index in [9.17, 15) is 31.2 Å². The van der Waals surface area contributed by atoms with Crippen molar-refractivity contribution in [2.24, 2.45) is 0 Å². The normalized spacial score (nSPS) is 15.7. The fourth-order valence-electron chi connectivity index (χ4n) is 2.90. The van der Waals surface area contributed by atoms with Crippen LogP contribution in [0.4, 0.5) is 13.2 Å². The molecule has 28 heavy (non-hydrogen) atoms. The average Bonchev–Trinajstić information content (AvgIpc) is 2.58. The lowest BCUT2D eigenvalue weighted by Crippen LogP contribution is -2.43. The molecule has 0 aromatic heterocycles. The Kier molecular flexibility index (Phi) is 6.71. The molecule has 0 saturated heterocycles. The van der Waals surface area contributed by atoms with Gasteiger partial charge in [-0.25, -0.2) is 13.1 Å². The number of benzene rings is 1. The van der Waals surface area contributed by atoms with E-state index in [1.165, 1.54) is 25.1 Å². The van der Waals surface area contributed by atoms with Gasteiger partial charge in [-0.05, 0) is 43.5 Å².